The molecule has 29 heavy (non-hydrogen) atoms. The number of nitro groups is 1. The Balaban J connectivity index is 1.72. The molecule has 8 nitrogen and oxygen atoms in total. The Bertz CT molecular complexity index is 1250. The molecule has 4 aromatic rings. The van der Waals surface area contributed by atoms with E-state index >= 15 is 0 Å². The van der Waals surface area contributed by atoms with Crippen molar-refractivity contribution in [3.05, 3.63) is 68.4 Å². The molecule has 2 N–H and O–H groups in total. The van der Waals surface area contributed by atoms with E-state index in [1.807, 2.05) is 25.1 Å². The third-order valence-corrected chi connectivity index (χ3v) is 5.73. The lowest BCUT2D eigenvalue weighted by atomic mass is 10.2. The van der Waals surface area contributed by atoms with Gasteiger partial charge in [0.25, 0.3) is 0 Å². The van der Waals surface area contributed by atoms with Gasteiger partial charge in [0, 0.05) is 0 Å². The number of thiazole rings is 1. The van der Waals surface area contributed by atoms with Crippen LogP contribution >= 0.6 is 34.5 Å². The van der Waals surface area contributed by atoms with E-state index in [1.54, 1.807) is 18.2 Å². The van der Waals surface area contributed by atoms with Crippen molar-refractivity contribution in [2.45, 2.75) is 6.92 Å². The van der Waals surface area contributed by atoms with Crippen LogP contribution in [0.2, 0.25) is 10.0 Å². The zero-order valence-electron chi connectivity index (χ0n) is 14.8. The fourth-order valence-corrected chi connectivity index (χ4v) is 3.96. The minimum atomic E-state index is -0.569. The molecule has 0 fully saturated rings. The van der Waals surface area contributed by atoms with Crippen LogP contribution in [0.15, 0.2) is 42.7 Å². The lowest BCUT2D eigenvalue weighted by Crippen LogP contribution is -2.05. The number of nitrogens with one attached hydrogen (secondary N) is 2. The van der Waals surface area contributed by atoms with Crippen molar-refractivity contribution in [3.8, 4) is 0 Å². The van der Waals surface area contributed by atoms with Crippen molar-refractivity contribution >= 4 is 72.9 Å². The van der Waals surface area contributed by atoms with E-state index in [9.17, 15) is 10.1 Å². The number of hydrogen-bond donors (Lipinski definition) is 2. The van der Waals surface area contributed by atoms with Gasteiger partial charge in [0.2, 0.25) is 11.6 Å². The molecule has 11 heteroatoms. The summed E-state index contributed by atoms with van der Waals surface area (Å²) in [7, 11) is 0. The summed E-state index contributed by atoms with van der Waals surface area (Å²) < 4.78 is 0.966. The number of rotatable bonds is 5. The second-order valence-corrected chi connectivity index (χ2v) is 7.83. The molecule has 4 rings (SSSR count). The first-order chi connectivity index (χ1) is 13.9. The van der Waals surface area contributed by atoms with Gasteiger partial charge in [-0.1, -0.05) is 46.7 Å². The maximum Gasteiger partial charge on any atom is 0.353 e. The number of anilines is 4. The van der Waals surface area contributed by atoms with E-state index in [-0.39, 0.29) is 22.3 Å². The molecule has 2 aromatic heterocycles. The number of halogens is 2. The largest absolute Gasteiger partial charge is 0.353 e. The van der Waals surface area contributed by atoms with Gasteiger partial charge < -0.3 is 10.6 Å². The van der Waals surface area contributed by atoms with E-state index < -0.39 is 4.92 Å². The molecule has 2 aromatic carbocycles. The van der Waals surface area contributed by atoms with E-state index in [4.69, 9.17) is 23.2 Å². The van der Waals surface area contributed by atoms with E-state index in [0.717, 1.165) is 15.8 Å². The van der Waals surface area contributed by atoms with Crippen molar-refractivity contribution in [2.24, 2.45) is 0 Å². The Morgan fingerprint density at radius 1 is 1.10 bits per heavy atom. The third kappa shape index (κ3) is 3.93. The molecular formula is C18H12Cl2N6O2S. The second kappa shape index (κ2) is 7.78. The molecule has 2 heterocycles. The summed E-state index contributed by atoms with van der Waals surface area (Å²) in [5, 5.41) is 18.6. The monoisotopic (exact) mass is 446 g/mol. The highest BCUT2D eigenvalue weighted by Crippen LogP contribution is 2.37. The van der Waals surface area contributed by atoms with Crippen LogP contribution in [0, 0.1) is 17.0 Å². The zero-order chi connectivity index (χ0) is 20.5. The Kier molecular flexibility index (Phi) is 5.18. The maximum atomic E-state index is 11.8. The van der Waals surface area contributed by atoms with Gasteiger partial charge in [0.15, 0.2) is 5.13 Å². The van der Waals surface area contributed by atoms with Crippen LogP contribution in [0.25, 0.3) is 10.2 Å². The third-order valence-electron chi connectivity index (χ3n) is 3.98. The van der Waals surface area contributed by atoms with Crippen molar-refractivity contribution in [1.82, 2.24) is 15.0 Å². The SMILES string of the molecule is Cc1ccc2nc(Nc3ncnc(Nc4cccc(Cl)c4Cl)c3[N+](=O)[O-])sc2c1. The summed E-state index contributed by atoms with van der Waals surface area (Å²) in [6.45, 7) is 1.99. The lowest BCUT2D eigenvalue weighted by molar-refractivity contribution is -0.383. The molecule has 0 atom stereocenters. The van der Waals surface area contributed by atoms with Crippen molar-refractivity contribution in [3.63, 3.8) is 0 Å². The van der Waals surface area contributed by atoms with Gasteiger partial charge in [-0.05, 0) is 36.8 Å². The maximum absolute atomic E-state index is 11.8. The minimum Gasteiger partial charge on any atom is -0.333 e. The van der Waals surface area contributed by atoms with Gasteiger partial charge in [-0.25, -0.2) is 15.0 Å². The predicted octanol–water partition coefficient (Wildman–Crippen LogP) is 6.10. The number of aromatic nitrogens is 3. The highest BCUT2D eigenvalue weighted by Gasteiger charge is 2.25. The normalized spacial score (nSPS) is 10.9. The molecule has 0 aliphatic rings. The molecule has 0 amide bonds. The summed E-state index contributed by atoms with van der Waals surface area (Å²) in [6, 6.07) is 10.8. The Hall–Kier alpha value is -3.01. The average Bonchev–Trinajstić information content (AvgIpc) is 3.06. The molecule has 0 saturated carbocycles. The summed E-state index contributed by atoms with van der Waals surface area (Å²) in [4.78, 5) is 23.7. The molecule has 0 aliphatic carbocycles. The number of hydrogen-bond acceptors (Lipinski definition) is 8. The quantitative estimate of drug-likeness (QED) is 0.281. The fourth-order valence-electron chi connectivity index (χ4n) is 2.65. The van der Waals surface area contributed by atoms with Gasteiger partial charge in [-0.15, -0.1) is 0 Å². The number of nitrogens with zero attached hydrogens (tertiary/aromatic N) is 4. The Morgan fingerprint density at radius 2 is 1.86 bits per heavy atom. The minimum absolute atomic E-state index is 0.0152. The average molecular weight is 447 g/mol. The van der Waals surface area contributed by atoms with Gasteiger partial charge in [0.05, 0.1) is 30.9 Å². The van der Waals surface area contributed by atoms with Crippen LogP contribution in [0.4, 0.5) is 28.1 Å². The van der Waals surface area contributed by atoms with Crippen LogP contribution in [0.1, 0.15) is 5.56 Å². The first-order valence-corrected chi connectivity index (χ1v) is 9.84. The van der Waals surface area contributed by atoms with Crippen LogP contribution in [0.5, 0.6) is 0 Å². The second-order valence-electron chi connectivity index (χ2n) is 6.02. The summed E-state index contributed by atoms with van der Waals surface area (Å²) >= 11 is 13.6. The molecule has 0 spiro atoms. The first kappa shape index (κ1) is 19.3. The van der Waals surface area contributed by atoms with Gasteiger partial charge in [-0.3, -0.25) is 10.1 Å². The predicted molar refractivity (Wildman–Crippen MR) is 116 cm³/mol. The number of fused-ring (bicyclic) bond motifs is 1. The van der Waals surface area contributed by atoms with Gasteiger partial charge in [-0.2, -0.15) is 0 Å². The van der Waals surface area contributed by atoms with Crippen LogP contribution in [-0.4, -0.2) is 19.9 Å². The standard InChI is InChI=1S/C18H12Cl2N6O2S/c1-9-5-6-11-13(7-9)29-18(24-11)25-17-15(26(27)28)16(21-8-22-17)23-12-4-2-3-10(19)14(12)20/h2-8H,1H3,(H2,21,22,23,24,25). The summed E-state index contributed by atoms with van der Waals surface area (Å²) in [6.07, 6.45) is 1.22. The van der Waals surface area contributed by atoms with Crippen LogP contribution in [0.3, 0.4) is 0 Å². The van der Waals surface area contributed by atoms with Gasteiger partial charge in [0.1, 0.15) is 6.33 Å². The highest BCUT2D eigenvalue weighted by atomic mass is 35.5. The van der Waals surface area contributed by atoms with E-state index in [1.165, 1.54) is 17.7 Å². The van der Waals surface area contributed by atoms with Crippen molar-refractivity contribution < 1.29 is 4.92 Å². The van der Waals surface area contributed by atoms with E-state index in [0.29, 0.717) is 15.8 Å². The van der Waals surface area contributed by atoms with Crippen LogP contribution < -0.4 is 10.6 Å². The first-order valence-electron chi connectivity index (χ1n) is 8.27. The zero-order valence-corrected chi connectivity index (χ0v) is 17.1. The molecule has 146 valence electrons. The Labute approximate surface area is 178 Å². The number of benzene rings is 2. The van der Waals surface area contributed by atoms with Crippen molar-refractivity contribution in [2.75, 3.05) is 10.6 Å². The van der Waals surface area contributed by atoms with Gasteiger partial charge >= 0.3 is 5.69 Å². The highest BCUT2D eigenvalue weighted by molar-refractivity contribution is 7.22. The molecule has 0 aliphatic heterocycles. The molecule has 0 unspecified atom stereocenters. The fraction of sp³-hybridized carbons (Fsp3) is 0.0556. The molecule has 0 saturated heterocycles. The molecule has 0 radical (unpaired) electrons. The summed E-state index contributed by atoms with van der Waals surface area (Å²) in [5.74, 6) is -0.00458. The summed E-state index contributed by atoms with van der Waals surface area (Å²) in [5.41, 5.74) is 1.95. The molecular weight excluding hydrogens is 435 g/mol. The molecule has 0 bridgehead atoms. The smallest absolute Gasteiger partial charge is 0.333 e. The number of aryl methyl sites for hydroxylation is 1. The topological polar surface area (TPSA) is 106 Å². The van der Waals surface area contributed by atoms with Crippen LogP contribution in [-0.2, 0) is 0 Å². The van der Waals surface area contributed by atoms with Crippen molar-refractivity contribution in [1.29, 1.82) is 0 Å². The lowest BCUT2D eigenvalue weighted by Gasteiger charge is -2.10. The van der Waals surface area contributed by atoms with E-state index in [2.05, 4.69) is 25.6 Å². The Morgan fingerprint density at radius 3 is 2.62 bits per heavy atom.